The second-order valence-corrected chi connectivity index (χ2v) is 4.13. The Kier molecular flexibility index (Phi) is 6.17. The average Bonchev–Trinajstić information content (AvgIpc) is 2.40. The van der Waals surface area contributed by atoms with Crippen LogP contribution in [0.5, 0.6) is 11.5 Å². The Bertz CT molecular complexity index is 455. The van der Waals surface area contributed by atoms with E-state index in [1.807, 2.05) is 6.92 Å². The van der Waals surface area contributed by atoms with E-state index in [1.54, 1.807) is 0 Å². The number of nitrogens with one attached hydrogen (secondary N) is 1. The number of benzene rings is 1. The second kappa shape index (κ2) is 7.64. The predicted molar refractivity (Wildman–Crippen MR) is 71.1 cm³/mol. The van der Waals surface area contributed by atoms with Crippen molar-refractivity contribution in [3.8, 4) is 11.5 Å². The number of halogens is 2. The van der Waals surface area contributed by atoms with E-state index in [4.69, 9.17) is 10.5 Å². The molecular weight excluding hydrogens is 270 g/mol. The normalized spacial score (nSPS) is 12.1. The molecule has 0 saturated heterocycles. The molecule has 3 N–H and O–H groups in total. The van der Waals surface area contributed by atoms with Crippen molar-refractivity contribution in [2.45, 2.75) is 32.4 Å². The quantitative estimate of drug-likeness (QED) is 0.807. The zero-order valence-electron chi connectivity index (χ0n) is 11.4. The molecule has 1 aromatic carbocycles. The van der Waals surface area contributed by atoms with Crippen LogP contribution in [0, 0.1) is 0 Å². The largest absolute Gasteiger partial charge is 0.497 e. The van der Waals surface area contributed by atoms with Crippen LogP contribution in [0.4, 0.5) is 14.5 Å². The molecule has 1 amide bonds. The molecule has 0 heterocycles. The number of alkyl halides is 2. The van der Waals surface area contributed by atoms with E-state index >= 15 is 0 Å². The van der Waals surface area contributed by atoms with Crippen LogP contribution in [0.2, 0.25) is 0 Å². The lowest BCUT2D eigenvalue weighted by Gasteiger charge is -2.15. The van der Waals surface area contributed by atoms with Gasteiger partial charge in [0.25, 0.3) is 0 Å². The van der Waals surface area contributed by atoms with Crippen molar-refractivity contribution in [1.82, 2.24) is 0 Å². The fourth-order valence-electron chi connectivity index (χ4n) is 1.60. The van der Waals surface area contributed by atoms with E-state index in [-0.39, 0.29) is 11.4 Å². The standard InChI is InChI=1S/C13H18F2N2O3/c1-3-4-9(16)12(18)17-10-7-8(19-2)5-6-11(10)20-13(14)15/h5-7,9,13H,3-4,16H2,1-2H3,(H,17,18). The molecule has 7 heteroatoms. The Morgan fingerprint density at radius 1 is 1.45 bits per heavy atom. The number of nitrogens with two attached hydrogens (primary N) is 1. The van der Waals surface area contributed by atoms with Gasteiger partial charge < -0.3 is 20.5 Å². The lowest BCUT2D eigenvalue weighted by atomic mass is 10.1. The van der Waals surface area contributed by atoms with Crippen molar-refractivity contribution in [2.75, 3.05) is 12.4 Å². The molecule has 1 aromatic rings. The van der Waals surface area contributed by atoms with Gasteiger partial charge in [-0.05, 0) is 18.6 Å². The van der Waals surface area contributed by atoms with E-state index in [2.05, 4.69) is 10.1 Å². The molecule has 112 valence electrons. The van der Waals surface area contributed by atoms with E-state index in [9.17, 15) is 13.6 Å². The smallest absolute Gasteiger partial charge is 0.387 e. The summed E-state index contributed by atoms with van der Waals surface area (Å²) >= 11 is 0. The maximum Gasteiger partial charge on any atom is 0.387 e. The van der Waals surface area contributed by atoms with Crippen molar-refractivity contribution in [3.05, 3.63) is 18.2 Å². The minimum atomic E-state index is -2.98. The molecule has 0 spiro atoms. The number of methoxy groups -OCH3 is 1. The van der Waals surface area contributed by atoms with Gasteiger partial charge in [-0.2, -0.15) is 8.78 Å². The van der Waals surface area contributed by atoms with Gasteiger partial charge in [-0.1, -0.05) is 13.3 Å². The minimum absolute atomic E-state index is 0.0983. The second-order valence-electron chi connectivity index (χ2n) is 4.13. The Balaban J connectivity index is 2.92. The first kappa shape index (κ1) is 16.2. The third kappa shape index (κ3) is 4.65. The number of hydrogen-bond acceptors (Lipinski definition) is 4. The Hall–Kier alpha value is -1.89. The van der Waals surface area contributed by atoms with Crippen molar-refractivity contribution in [1.29, 1.82) is 0 Å². The van der Waals surface area contributed by atoms with Gasteiger partial charge in [0, 0.05) is 6.07 Å². The van der Waals surface area contributed by atoms with Crippen LogP contribution in [0.25, 0.3) is 0 Å². The van der Waals surface area contributed by atoms with Crippen LogP contribution in [-0.4, -0.2) is 25.7 Å². The number of ether oxygens (including phenoxy) is 2. The first-order valence-electron chi connectivity index (χ1n) is 6.17. The lowest BCUT2D eigenvalue weighted by molar-refractivity contribution is -0.117. The summed E-state index contributed by atoms with van der Waals surface area (Å²) in [6.07, 6.45) is 1.24. The highest BCUT2D eigenvalue weighted by Gasteiger charge is 2.17. The summed E-state index contributed by atoms with van der Waals surface area (Å²) in [6, 6.07) is 3.45. The predicted octanol–water partition coefficient (Wildman–Crippen LogP) is 2.36. The Morgan fingerprint density at radius 3 is 2.70 bits per heavy atom. The summed E-state index contributed by atoms with van der Waals surface area (Å²) in [4.78, 5) is 11.8. The highest BCUT2D eigenvalue weighted by atomic mass is 19.3. The molecule has 20 heavy (non-hydrogen) atoms. The van der Waals surface area contributed by atoms with Crippen LogP contribution in [0.15, 0.2) is 18.2 Å². The molecule has 1 unspecified atom stereocenters. The SMILES string of the molecule is CCCC(N)C(=O)Nc1cc(OC)ccc1OC(F)F. The third-order valence-corrected chi connectivity index (χ3v) is 2.60. The van der Waals surface area contributed by atoms with E-state index < -0.39 is 18.6 Å². The number of hydrogen-bond donors (Lipinski definition) is 2. The van der Waals surface area contributed by atoms with Gasteiger partial charge in [0.05, 0.1) is 18.8 Å². The van der Waals surface area contributed by atoms with Crippen LogP contribution in [0.1, 0.15) is 19.8 Å². The summed E-state index contributed by atoms with van der Waals surface area (Å²) in [6.45, 7) is -1.09. The number of amides is 1. The van der Waals surface area contributed by atoms with Gasteiger partial charge in [0.2, 0.25) is 5.91 Å². The molecule has 0 saturated carbocycles. The van der Waals surface area contributed by atoms with Crippen molar-refractivity contribution in [3.63, 3.8) is 0 Å². The summed E-state index contributed by atoms with van der Waals surface area (Å²) in [5.41, 5.74) is 5.76. The average molecular weight is 288 g/mol. The third-order valence-electron chi connectivity index (χ3n) is 2.60. The maximum absolute atomic E-state index is 12.3. The van der Waals surface area contributed by atoms with Crippen LogP contribution < -0.4 is 20.5 Å². The summed E-state index contributed by atoms with van der Waals surface area (Å²) in [7, 11) is 1.43. The zero-order valence-corrected chi connectivity index (χ0v) is 11.4. The molecular formula is C13H18F2N2O3. The van der Waals surface area contributed by atoms with Crippen molar-refractivity contribution >= 4 is 11.6 Å². The lowest BCUT2D eigenvalue weighted by Crippen LogP contribution is -2.35. The molecule has 0 aromatic heterocycles. The maximum atomic E-state index is 12.3. The molecule has 0 aliphatic heterocycles. The van der Waals surface area contributed by atoms with Crippen LogP contribution >= 0.6 is 0 Å². The van der Waals surface area contributed by atoms with Crippen LogP contribution in [0.3, 0.4) is 0 Å². The number of carbonyl (C=O) groups is 1. The van der Waals surface area contributed by atoms with E-state index in [0.717, 1.165) is 6.42 Å². The molecule has 1 atom stereocenters. The first-order valence-corrected chi connectivity index (χ1v) is 6.17. The zero-order chi connectivity index (χ0) is 15.1. The highest BCUT2D eigenvalue weighted by Crippen LogP contribution is 2.30. The number of rotatable bonds is 7. The summed E-state index contributed by atoms with van der Waals surface area (Å²) in [5, 5.41) is 2.47. The molecule has 0 radical (unpaired) electrons. The van der Waals surface area contributed by atoms with E-state index in [1.165, 1.54) is 25.3 Å². The number of anilines is 1. The number of carbonyl (C=O) groups excluding carboxylic acids is 1. The summed E-state index contributed by atoms with van der Waals surface area (Å²) < 4.78 is 33.9. The van der Waals surface area contributed by atoms with Gasteiger partial charge in [-0.25, -0.2) is 0 Å². The van der Waals surface area contributed by atoms with Crippen LogP contribution in [-0.2, 0) is 4.79 Å². The summed E-state index contributed by atoms with van der Waals surface area (Å²) in [5.74, 6) is -0.192. The fraction of sp³-hybridized carbons (Fsp3) is 0.462. The Labute approximate surface area is 116 Å². The highest BCUT2D eigenvalue weighted by molar-refractivity contribution is 5.96. The first-order chi connectivity index (χ1) is 9.47. The topological polar surface area (TPSA) is 73.6 Å². The van der Waals surface area contributed by atoms with E-state index in [0.29, 0.717) is 12.2 Å². The molecule has 0 aliphatic rings. The molecule has 1 rings (SSSR count). The molecule has 0 fully saturated rings. The van der Waals surface area contributed by atoms with Gasteiger partial charge in [-0.3, -0.25) is 4.79 Å². The molecule has 5 nitrogen and oxygen atoms in total. The minimum Gasteiger partial charge on any atom is -0.497 e. The van der Waals surface area contributed by atoms with Gasteiger partial charge in [0.1, 0.15) is 11.5 Å². The fourth-order valence-corrected chi connectivity index (χ4v) is 1.60. The Morgan fingerprint density at radius 2 is 2.15 bits per heavy atom. The van der Waals surface area contributed by atoms with Crippen molar-refractivity contribution < 1.29 is 23.0 Å². The van der Waals surface area contributed by atoms with Gasteiger partial charge in [-0.15, -0.1) is 0 Å². The van der Waals surface area contributed by atoms with Gasteiger partial charge >= 0.3 is 6.61 Å². The molecule has 0 aliphatic carbocycles. The molecule has 0 bridgehead atoms. The van der Waals surface area contributed by atoms with Crippen molar-refractivity contribution in [2.24, 2.45) is 5.73 Å². The monoisotopic (exact) mass is 288 g/mol. The van der Waals surface area contributed by atoms with Gasteiger partial charge in [0.15, 0.2) is 0 Å².